The molecule has 1 amide bonds. The molecule has 3 rings (SSSR count). The molecule has 0 aromatic rings. The van der Waals surface area contributed by atoms with Crippen LogP contribution in [0.1, 0.15) is 58.3 Å². The minimum atomic E-state index is -2.97. The van der Waals surface area contributed by atoms with Crippen molar-refractivity contribution < 1.29 is 13.2 Å². The smallest absolute Gasteiger partial charge is 0.240 e. The predicted octanol–water partition coefficient (Wildman–Crippen LogP) is 2.07. The van der Waals surface area contributed by atoms with E-state index in [9.17, 15) is 13.2 Å². The highest BCUT2D eigenvalue weighted by Crippen LogP contribution is 2.36. The van der Waals surface area contributed by atoms with Gasteiger partial charge in [-0.05, 0) is 51.0 Å². The van der Waals surface area contributed by atoms with Crippen LogP contribution < -0.4 is 0 Å². The van der Waals surface area contributed by atoms with E-state index in [1.807, 2.05) is 0 Å². The predicted molar refractivity (Wildman–Crippen MR) is 95.6 cm³/mol. The van der Waals surface area contributed by atoms with Gasteiger partial charge in [0.2, 0.25) is 5.91 Å². The lowest BCUT2D eigenvalue weighted by atomic mass is 9.95. The largest absolute Gasteiger partial charge is 0.338 e. The van der Waals surface area contributed by atoms with Crippen LogP contribution in [-0.4, -0.2) is 67.3 Å². The Kier molecular flexibility index (Phi) is 5.85. The zero-order chi connectivity index (χ0) is 17.2. The summed E-state index contributed by atoms with van der Waals surface area (Å²) in [6.07, 6.45) is 9.36. The summed E-state index contributed by atoms with van der Waals surface area (Å²) >= 11 is 0. The van der Waals surface area contributed by atoms with Gasteiger partial charge in [0.05, 0.1) is 11.8 Å². The molecule has 2 aliphatic heterocycles. The summed E-state index contributed by atoms with van der Waals surface area (Å²) in [4.78, 5) is 17.4. The molecule has 2 heterocycles. The molecule has 1 saturated carbocycles. The second-order valence-corrected chi connectivity index (χ2v) is 10.2. The van der Waals surface area contributed by atoms with Crippen LogP contribution in [0, 0.1) is 5.92 Å². The van der Waals surface area contributed by atoms with Gasteiger partial charge in [-0.2, -0.15) is 0 Å². The Bertz CT molecular complexity index is 542. The van der Waals surface area contributed by atoms with E-state index in [4.69, 9.17) is 0 Å². The SMILES string of the molecule is CCS(=O)(=O)CCN1CCC[C@H]1C(=O)N1CCCC1C1CCCC1. The summed E-state index contributed by atoms with van der Waals surface area (Å²) in [5.41, 5.74) is 0. The van der Waals surface area contributed by atoms with Crippen molar-refractivity contribution in [3.05, 3.63) is 0 Å². The normalized spacial score (nSPS) is 29.6. The average Bonchev–Trinajstić information content (AvgIpc) is 3.32. The third-order valence-electron chi connectivity index (χ3n) is 6.30. The first-order chi connectivity index (χ1) is 11.5. The summed E-state index contributed by atoms with van der Waals surface area (Å²) < 4.78 is 23.6. The summed E-state index contributed by atoms with van der Waals surface area (Å²) in [5, 5.41) is 0. The van der Waals surface area contributed by atoms with Gasteiger partial charge in [-0.1, -0.05) is 19.8 Å². The Morgan fingerprint density at radius 2 is 1.71 bits per heavy atom. The fourth-order valence-electron chi connectivity index (χ4n) is 4.86. The molecule has 24 heavy (non-hydrogen) atoms. The molecule has 138 valence electrons. The first kappa shape index (κ1) is 18.2. The van der Waals surface area contributed by atoms with Gasteiger partial charge in [-0.3, -0.25) is 9.69 Å². The third kappa shape index (κ3) is 3.96. The lowest BCUT2D eigenvalue weighted by molar-refractivity contribution is -0.137. The highest BCUT2D eigenvalue weighted by molar-refractivity contribution is 7.91. The quantitative estimate of drug-likeness (QED) is 0.731. The summed E-state index contributed by atoms with van der Waals surface area (Å²) in [6.45, 7) is 3.96. The van der Waals surface area contributed by atoms with Gasteiger partial charge >= 0.3 is 0 Å². The molecule has 0 N–H and O–H groups in total. The van der Waals surface area contributed by atoms with E-state index < -0.39 is 9.84 Å². The lowest BCUT2D eigenvalue weighted by Crippen LogP contribution is -2.49. The van der Waals surface area contributed by atoms with E-state index in [1.54, 1.807) is 6.92 Å². The number of sulfone groups is 1. The molecule has 5 nitrogen and oxygen atoms in total. The summed E-state index contributed by atoms with van der Waals surface area (Å²) in [7, 11) is -2.97. The van der Waals surface area contributed by atoms with Crippen LogP contribution in [0.4, 0.5) is 0 Å². The maximum atomic E-state index is 13.2. The minimum Gasteiger partial charge on any atom is -0.338 e. The van der Waals surface area contributed by atoms with E-state index >= 15 is 0 Å². The zero-order valence-electron chi connectivity index (χ0n) is 15.0. The first-order valence-electron chi connectivity index (χ1n) is 9.77. The maximum absolute atomic E-state index is 13.2. The van der Waals surface area contributed by atoms with Gasteiger partial charge in [0.15, 0.2) is 9.84 Å². The van der Waals surface area contributed by atoms with Gasteiger partial charge in [-0.15, -0.1) is 0 Å². The highest BCUT2D eigenvalue weighted by atomic mass is 32.2. The second kappa shape index (κ2) is 7.73. The Labute approximate surface area is 146 Å². The van der Waals surface area contributed by atoms with Crippen LogP contribution in [0.2, 0.25) is 0 Å². The standard InChI is InChI=1S/C18H32N2O3S/c1-2-24(22,23)14-13-19-11-5-10-17(19)18(21)20-12-6-9-16(20)15-7-3-4-8-15/h15-17H,2-14H2,1H3/t16?,17-/m0/s1. The Balaban J connectivity index is 1.62. The molecule has 0 aromatic carbocycles. The van der Waals surface area contributed by atoms with Crippen molar-refractivity contribution in [3.8, 4) is 0 Å². The van der Waals surface area contributed by atoms with Crippen LogP contribution in [0.3, 0.4) is 0 Å². The molecule has 1 unspecified atom stereocenters. The molecular weight excluding hydrogens is 324 g/mol. The molecule has 3 aliphatic rings. The molecule has 0 bridgehead atoms. The first-order valence-corrected chi connectivity index (χ1v) is 11.6. The molecule has 6 heteroatoms. The Morgan fingerprint density at radius 3 is 2.42 bits per heavy atom. The van der Waals surface area contributed by atoms with E-state index in [2.05, 4.69) is 9.80 Å². The number of nitrogens with zero attached hydrogens (tertiary/aromatic N) is 2. The van der Waals surface area contributed by atoms with Crippen LogP contribution >= 0.6 is 0 Å². The average molecular weight is 357 g/mol. The van der Waals surface area contributed by atoms with Crippen molar-refractivity contribution in [2.45, 2.75) is 70.4 Å². The molecular formula is C18H32N2O3S. The van der Waals surface area contributed by atoms with Crippen molar-refractivity contribution in [1.82, 2.24) is 9.80 Å². The monoisotopic (exact) mass is 356 g/mol. The van der Waals surface area contributed by atoms with E-state index in [-0.39, 0.29) is 23.5 Å². The Hall–Kier alpha value is -0.620. The van der Waals surface area contributed by atoms with Crippen molar-refractivity contribution >= 4 is 15.7 Å². The van der Waals surface area contributed by atoms with Crippen molar-refractivity contribution in [2.75, 3.05) is 31.1 Å². The molecule has 0 spiro atoms. The topological polar surface area (TPSA) is 57.7 Å². The number of hydrogen-bond acceptors (Lipinski definition) is 4. The van der Waals surface area contributed by atoms with E-state index in [1.165, 1.54) is 25.7 Å². The highest BCUT2D eigenvalue weighted by Gasteiger charge is 2.41. The summed E-state index contributed by atoms with van der Waals surface area (Å²) in [5.74, 6) is 1.34. The zero-order valence-corrected chi connectivity index (χ0v) is 15.8. The number of amides is 1. The van der Waals surface area contributed by atoms with Crippen LogP contribution in [0.25, 0.3) is 0 Å². The molecule has 0 radical (unpaired) electrons. The molecule has 1 aliphatic carbocycles. The van der Waals surface area contributed by atoms with Crippen LogP contribution in [0.5, 0.6) is 0 Å². The molecule has 2 atom stereocenters. The number of carbonyl (C=O) groups excluding carboxylic acids is 1. The minimum absolute atomic E-state index is 0.0842. The second-order valence-electron chi connectivity index (χ2n) is 7.72. The van der Waals surface area contributed by atoms with Crippen molar-refractivity contribution in [3.63, 3.8) is 0 Å². The number of carbonyl (C=O) groups is 1. The summed E-state index contributed by atoms with van der Waals surface area (Å²) in [6, 6.07) is 0.362. The maximum Gasteiger partial charge on any atom is 0.240 e. The molecule has 3 fully saturated rings. The number of hydrogen-bond donors (Lipinski definition) is 0. The van der Waals surface area contributed by atoms with E-state index in [0.29, 0.717) is 18.5 Å². The van der Waals surface area contributed by atoms with Gasteiger partial charge < -0.3 is 4.90 Å². The fourth-order valence-corrected chi connectivity index (χ4v) is 5.67. The third-order valence-corrected chi connectivity index (χ3v) is 7.99. The molecule has 2 saturated heterocycles. The van der Waals surface area contributed by atoms with Gasteiger partial charge in [-0.25, -0.2) is 8.42 Å². The van der Waals surface area contributed by atoms with Crippen molar-refractivity contribution in [1.29, 1.82) is 0 Å². The van der Waals surface area contributed by atoms with Gasteiger partial charge in [0.25, 0.3) is 0 Å². The number of likely N-dealkylation sites (tertiary alicyclic amines) is 2. The van der Waals surface area contributed by atoms with Crippen LogP contribution in [0.15, 0.2) is 0 Å². The number of rotatable bonds is 6. The van der Waals surface area contributed by atoms with Gasteiger partial charge in [0.1, 0.15) is 0 Å². The molecule has 0 aromatic heterocycles. The van der Waals surface area contributed by atoms with Gasteiger partial charge in [0, 0.05) is 24.9 Å². The fraction of sp³-hybridized carbons (Fsp3) is 0.944. The van der Waals surface area contributed by atoms with Crippen molar-refractivity contribution in [2.24, 2.45) is 5.92 Å². The van der Waals surface area contributed by atoms with Crippen LogP contribution in [-0.2, 0) is 14.6 Å². The Morgan fingerprint density at radius 1 is 1.00 bits per heavy atom. The lowest BCUT2D eigenvalue weighted by Gasteiger charge is -2.34. The van der Waals surface area contributed by atoms with E-state index in [0.717, 1.165) is 38.8 Å².